The number of ether oxygens (including phenoxy) is 2. The highest BCUT2D eigenvalue weighted by molar-refractivity contribution is 5.97. The summed E-state index contributed by atoms with van der Waals surface area (Å²) in [6, 6.07) is 7.36. The van der Waals surface area contributed by atoms with Crippen molar-refractivity contribution in [3.8, 4) is 5.75 Å². The maximum Gasteiger partial charge on any atom is 0.176 e. The van der Waals surface area contributed by atoms with Gasteiger partial charge in [0.2, 0.25) is 0 Å². The van der Waals surface area contributed by atoms with E-state index in [4.69, 9.17) is 9.47 Å². The molecule has 2 heterocycles. The second-order valence-electron chi connectivity index (χ2n) is 5.31. The lowest BCUT2D eigenvalue weighted by Crippen LogP contribution is -2.44. The average molecular weight is 261 g/mol. The van der Waals surface area contributed by atoms with Crippen molar-refractivity contribution in [2.75, 3.05) is 26.7 Å². The molecule has 2 fully saturated rings. The minimum absolute atomic E-state index is 0.153. The van der Waals surface area contributed by atoms with Gasteiger partial charge in [0.05, 0.1) is 25.9 Å². The lowest BCUT2D eigenvalue weighted by Gasteiger charge is -2.31. The van der Waals surface area contributed by atoms with Gasteiger partial charge >= 0.3 is 0 Å². The van der Waals surface area contributed by atoms with Gasteiger partial charge in [0, 0.05) is 18.7 Å². The van der Waals surface area contributed by atoms with Crippen LogP contribution in [0.2, 0.25) is 0 Å². The molecule has 0 aliphatic carbocycles. The van der Waals surface area contributed by atoms with Crippen LogP contribution in [0.1, 0.15) is 23.2 Å². The third-order valence-corrected chi connectivity index (χ3v) is 3.88. The van der Waals surface area contributed by atoms with E-state index >= 15 is 0 Å². The van der Waals surface area contributed by atoms with Crippen LogP contribution >= 0.6 is 0 Å². The number of benzene rings is 1. The van der Waals surface area contributed by atoms with Crippen molar-refractivity contribution in [3.63, 3.8) is 0 Å². The number of nitrogens with zero attached hydrogens (tertiary/aromatic N) is 1. The Labute approximate surface area is 113 Å². The standard InChI is InChI=1S/C15H19NO3/c1-18-12-4-2-3-11(7-12)15(17)10-16-8-13-5-6-14(9-16)19-13/h2-4,7,13-14H,5-6,8-10H2,1H3. The lowest BCUT2D eigenvalue weighted by molar-refractivity contribution is -0.0355. The molecule has 0 aromatic heterocycles. The van der Waals surface area contributed by atoms with E-state index in [1.54, 1.807) is 13.2 Å². The first-order valence-corrected chi connectivity index (χ1v) is 6.79. The molecular formula is C15H19NO3. The first kappa shape index (κ1) is 12.6. The zero-order valence-corrected chi connectivity index (χ0v) is 11.2. The fourth-order valence-electron chi connectivity index (χ4n) is 2.92. The molecule has 2 unspecified atom stereocenters. The van der Waals surface area contributed by atoms with Crippen molar-refractivity contribution in [2.24, 2.45) is 0 Å². The maximum absolute atomic E-state index is 12.3. The predicted octanol–water partition coefficient (Wildman–Crippen LogP) is 1.74. The summed E-state index contributed by atoms with van der Waals surface area (Å²) in [5.41, 5.74) is 0.721. The Morgan fingerprint density at radius 2 is 2.11 bits per heavy atom. The van der Waals surface area contributed by atoms with Crippen LogP contribution in [-0.4, -0.2) is 49.6 Å². The molecule has 4 nitrogen and oxygen atoms in total. The van der Waals surface area contributed by atoms with Gasteiger partial charge in [-0.3, -0.25) is 9.69 Å². The summed E-state index contributed by atoms with van der Waals surface area (Å²) in [7, 11) is 1.61. The Balaban J connectivity index is 1.64. The SMILES string of the molecule is COc1cccc(C(=O)CN2CC3CCC(C2)O3)c1. The molecule has 0 spiro atoms. The van der Waals surface area contributed by atoms with Crippen molar-refractivity contribution in [1.29, 1.82) is 0 Å². The Bertz CT molecular complexity index is 462. The van der Waals surface area contributed by atoms with Gasteiger partial charge in [0.25, 0.3) is 0 Å². The molecule has 2 saturated heterocycles. The number of hydrogen-bond donors (Lipinski definition) is 0. The van der Waals surface area contributed by atoms with Crippen molar-refractivity contribution < 1.29 is 14.3 Å². The van der Waals surface area contributed by atoms with Crippen molar-refractivity contribution in [3.05, 3.63) is 29.8 Å². The van der Waals surface area contributed by atoms with Crippen LogP contribution in [0.25, 0.3) is 0 Å². The molecule has 2 atom stereocenters. The number of carbonyl (C=O) groups is 1. The monoisotopic (exact) mass is 261 g/mol. The molecule has 2 aliphatic rings. The van der Waals surface area contributed by atoms with E-state index in [1.165, 1.54) is 0 Å². The minimum atomic E-state index is 0.153. The third kappa shape index (κ3) is 2.80. The maximum atomic E-state index is 12.3. The summed E-state index contributed by atoms with van der Waals surface area (Å²) < 4.78 is 10.9. The second-order valence-corrected chi connectivity index (χ2v) is 5.31. The number of carbonyl (C=O) groups excluding carboxylic acids is 1. The van der Waals surface area contributed by atoms with Gasteiger partial charge in [-0.2, -0.15) is 0 Å². The third-order valence-electron chi connectivity index (χ3n) is 3.88. The summed E-state index contributed by atoms with van der Waals surface area (Å²) in [6.45, 7) is 2.24. The molecule has 2 bridgehead atoms. The van der Waals surface area contributed by atoms with Gasteiger partial charge < -0.3 is 9.47 Å². The van der Waals surface area contributed by atoms with Crippen molar-refractivity contribution in [2.45, 2.75) is 25.0 Å². The molecule has 4 heteroatoms. The molecule has 1 aromatic rings. The topological polar surface area (TPSA) is 38.8 Å². The van der Waals surface area contributed by atoms with E-state index in [1.807, 2.05) is 18.2 Å². The van der Waals surface area contributed by atoms with Crippen LogP contribution in [0.15, 0.2) is 24.3 Å². The van der Waals surface area contributed by atoms with E-state index < -0.39 is 0 Å². The molecule has 0 N–H and O–H groups in total. The number of morpholine rings is 1. The highest BCUT2D eigenvalue weighted by Gasteiger charge is 2.34. The number of fused-ring (bicyclic) bond motifs is 2. The number of rotatable bonds is 4. The van der Waals surface area contributed by atoms with Gasteiger partial charge in [0.1, 0.15) is 5.75 Å². The number of methoxy groups -OCH3 is 1. The van der Waals surface area contributed by atoms with E-state index in [0.29, 0.717) is 18.8 Å². The largest absolute Gasteiger partial charge is 0.497 e. The first-order chi connectivity index (χ1) is 9.24. The number of Topliss-reactive ketones (excluding diaryl/α,β-unsaturated/α-hetero) is 1. The Morgan fingerprint density at radius 3 is 2.79 bits per heavy atom. The lowest BCUT2D eigenvalue weighted by atomic mass is 10.1. The smallest absolute Gasteiger partial charge is 0.176 e. The molecule has 2 aliphatic heterocycles. The fraction of sp³-hybridized carbons (Fsp3) is 0.533. The molecule has 19 heavy (non-hydrogen) atoms. The first-order valence-electron chi connectivity index (χ1n) is 6.79. The zero-order valence-electron chi connectivity index (χ0n) is 11.2. The van der Waals surface area contributed by atoms with Gasteiger partial charge in [0.15, 0.2) is 5.78 Å². The van der Waals surface area contributed by atoms with Crippen LogP contribution in [0, 0.1) is 0 Å². The highest BCUT2D eigenvalue weighted by atomic mass is 16.5. The van der Waals surface area contributed by atoms with Crippen molar-refractivity contribution >= 4 is 5.78 Å². The van der Waals surface area contributed by atoms with Gasteiger partial charge in [-0.25, -0.2) is 0 Å². The van der Waals surface area contributed by atoms with Crippen LogP contribution in [-0.2, 0) is 4.74 Å². The summed E-state index contributed by atoms with van der Waals surface area (Å²) in [6.07, 6.45) is 2.93. The average Bonchev–Trinajstić information content (AvgIpc) is 2.78. The fourth-order valence-corrected chi connectivity index (χ4v) is 2.92. The quantitative estimate of drug-likeness (QED) is 0.774. The van der Waals surface area contributed by atoms with Gasteiger partial charge in [-0.15, -0.1) is 0 Å². The van der Waals surface area contributed by atoms with Gasteiger partial charge in [-0.1, -0.05) is 12.1 Å². The van der Waals surface area contributed by atoms with E-state index in [2.05, 4.69) is 4.90 Å². The normalized spacial score (nSPS) is 26.4. The molecule has 3 rings (SSSR count). The molecule has 102 valence electrons. The van der Waals surface area contributed by atoms with E-state index in [9.17, 15) is 4.79 Å². The number of ketones is 1. The number of hydrogen-bond acceptors (Lipinski definition) is 4. The summed E-state index contributed by atoms with van der Waals surface area (Å²) in [5, 5.41) is 0. The number of likely N-dealkylation sites (tertiary alicyclic amines) is 1. The van der Waals surface area contributed by atoms with Crippen LogP contribution in [0.3, 0.4) is 0 Å². The minimum Gasteiger partial charge on any atom is -0.497 e. The Morgan fingerprint density at radius 1 is 1.37 bits per heavy atom. The van der Waals surface area contributed by atoms with Gasteiger partial charge in [-0.05, 0) is 25.0 Å². The highest BCUT2D eigenvalue weighted by Crippen LogP contribution is 2.26. The van der Waals surface area contributed by atoms with Crippen LogP contribution in [0.5, 0.6) is 5.75 Å². The summed E-state index contributed by atoms with van der Waals surface area (Å²) in [5.74, 6) is 0.882. The molecular weight excluding hydrogens is 242 g/mol. The molecule has 0 radical (unpaired) electrons. The van der Waals surface area contributed by atoms with Crippen molar-refractivity contribution in [1.82, 2.24) is 4.90 Å². The van der Waals surface area contributed by atoms with E-state index in [0.717, 1.165) is 37.2 Å². The van der Waals surface area contributed by atoms with Crippen LogP contribution < -0.4 is 4.74 Å². The van der Waals surface area contributed by atoms with E-state index in [-0.39, 0.29) is 5.78 Å². The molecule has 1 aromatic carbocycles. The zero-order chi connectivity index (χ0) is 13.2. The summed E-state index contributed by atoms with van der Waals surface area (Å²) >= 11 is 0. The molecule has 0 amide bonds. The Kier molecular flexibility index (Phi) is 3.53. The van der Waals surface area contributed by atoms with Crippen LogP contribution in [0.4, 0.5) is 0 Å². The molecule has 0 saturated carbocycles. The predicted molar refractivity (Wildman–Crippen MR) is 71.7 cm³/mol. The Hall–Kier alpha value is -1.39. The second kappa shape index (κ2) is 5.31. The summed E-state index contributed by atoms with van der Waals surface area (Å²) in [4.78, 5) is 14.5.